The summed E-state index contributed by atoms with van der Waals surface area (Å²) in [4.78, 5) is 2.38. The van der Waals surface area contributed by atoms with Crippen LogP contribution in [0.4, 0.5) is 0 Å². The second-order valence-corrected chi connectivity index (χ2v) is 6.10. The molecule has 2 heterocycles. The van der Waals surface area contributed by atoms with Crippen molar-refractivity contribution in [2.45, 2.75) is 25.4 Å². The average Bonchev–Trinajstić information content (AvgIpc) is 2.62. The first kappa shape index (κ1) is 15.5. The molecule has 2 nitrogen and oxygen atoms in total. The summed E-state index contributed by atoms with van der Waals surface area (Å²) in [5.41, 5.74) is 1.15. The first-order chi connectivity index (χ1) is 7.68. The Bertz CT molecular complexity index is 350. The number of nitrogens with one attached hydrogen (secondary N) is 1. The number of hydrogen-bond acceptors (Lipinski definition) is 3. The average molecular weight is 316 g/mol. The number of piperidine rings is 1. The maximum absolute atomic E-state index is 6.13. The van der Waals surface area contributed by atoms with E-state index < -0.39 is 0 Å². The molecule has 1 aromatic heterocycles. The van der Waals surface area contributed by atoms with Gasteiger partial charge >= 0.3 is 0 Å². The van der Waals surface area contributed by atoms with Crippen LogP contribution in [0.5, 0.6) is 0 Å². The Labute approximate surface area is 123 Å². The topological polar surface area (TPSA) is 15.3 Å². The van der Waals surface area contributed by atoms with E-state index >= 15 is 0 Å². The normalized spacial score (nSPS) is 17.2. The molecule has 0 amide bonds. The quantitative estimate of drug-likeness (QED) is 0.916. The predicted octanol–water partition coefficient (Wildman–Crippen LogP) is 3.66. The van der Waals surface area contributed by atoms with Gasteiger partial charge in [-0.25, -0.2) is 0 Å². The third kappa shape index (κ3) is 3.98. The lowest BCUT2D eigenvalue weighted by Crippen LogP contribution is -2.40. The van der Waals surface area contributed by atoms with Gasteiger partial charge in [0.25, 0.3) is 0 Å². The highest BCUT2D eigenvalue weighted by molar-refractivity contribution is 7.15. The first-order valence-electron chi connectivity index (χ1n) is 5.51. The van der Waals surface area contributed by atoms with Crippen molar-refractivity contribution >= 4 is 46.9 Å². The highest BCUT2D eigenvalue weighted by Crippen LogP contribution is 2.33. The summed E-state index contributed by atoms with van der Waals surface area (Å²) in [6.45, 7) is 3.13. The second-order valence-electron chi connectivity index (χ2n) is 4.24. The van der Waals surface area contributed by atoms with Crippen LogP contribution in [-0.2, 0) is 6.54 Å². The zero-order valence-electron chi connectivity index (χ0n) is 9.71. The molecule has 0 aromatic carbocycles. The molecular weight excluding hydrogens is 299 g/mol. The van der Waals surface area contributed by atoms with Gasteiger partial charge in [0.15, 0.2) is 0 Å². The fraction of sp³-hybridized carbons (Fsp3) is 0.636. The number of hydrogen-bond donors (Lipinski definition) is 1. The van der Waals surface area contributed by atoms with E-state index in [2.05, 4.69) is 22.6 Å². The summed E-state index contributed by atoms with van der Waals surface area (Å²) in [5.74, 6) is 0. The van der Waals surface area contributed by atoms with E-state index in [-0.39, 0.29) is 12.4 Å². The molecule has 1 aliphatic rings. The van der Waals surface area contributed by atoms with Gasteiger partial charge in [0.05, 0.1) is 5.02 Å². The summed E-state index contributed by atoms with van der Waals surface area (Å²) < 4.78 is 0.704. The van der Waals surface area contributed by atoms with Crippen molar-refractivity contribution < 1.29 is 0 Å². The lowest BCUT2D eigenvalue weighted by molar-refractivity contribution is 0.192. The zero-order chi connectivity index (χ0) is 11.5. The largest absolute Gasteiger partial charge is 0.317 e. The molecule has 0 spiro atoms. The molecule has 1 fully saturated rings. The van der Waals surface area contributed by atoms with Crippen molar-refractivity contribution in [3.63, 3.8) is 0 Å². The van der Waals surface area contributed by atoms with Gasteiger partial charge in [-0.15, -0.1) is 23.7 Å². The van der Waals surface area contributed by atoms with Crippen molar-refractivity contribution in [3.8, 4) is 0 Å². The van der Waals surface area contributed by atoms with Gasteiger partial charge in [-0.05, 0) is 43.9 Å². The fourth-order valence-electron chi connectivity index (χ4n) is 2.10. The fourth-order valence-corrected chi connectivity index (χ4v) is 3.34. The molecule has 2 rings (SSSR count). The van der Waals surface area contributed by atoms with Gasteiger partial charge in [-0.2, -0.15) is 0 Å². The second kappa shape index (κ2) is 7.17. The van der Waals surface area contributed by atoms with Crippen LogP contribution >= 0.6 is 46.9 Å². The van der Waals surface area contributed by atoms with Crippen molar-refractivity contribution in [2.75, 3.05) is 20.1 Å². The molecule has 0 atom stereocenters. The molecule has 17 heavy (non-hydrogen) atoms. The Morgan fingerprint density at radius 1 is 1.41 bits per heavy atom. The van der Waals surface area contributed by atoms with E-state index in [1.54, 1.807) is 0 Å². The van der Waals surface area contributed by atoms with Crippen molar-refractivity contribution in [1.82, 2.24) is 10.2 Å². The third-order valence-electron chi connectivity index (χ3n) is 3.11. The lowest BCUT2D eigenvalue weighted by atomic mass is 10.1. The minimum absolute atomic E-state index is 0. The van der Waals surface area contributed by atoms with Gasteiger partial charge in [-0.1, -0.05) is 23.2 Å². The van der Waals surface area contributed by atoms with Gasteiger partial charge in [0.1, 0.15) is 4.34 Å². The summed E-state index contributed by atoms with van der Waals surface area (Å²) in [5, 5.41) is 6.16. The molecule has 6 heteroatoms. The molecule has 1 aliphatic heterocycles. The first-order valence-corrected chi connectivity index (χ1v) is 7.14. The maximum atomic E-state index is 6.13. The highest BCUT2D eigenvalue weighted by atomic mass is 35.5. The molecule has 1 saturated heterocycles. The van der Waals surface area contributed by atoms with E-state index in [0.29, 0.717) is 10.4 Å². The van der Waals surface area contributed by atoms with Crippen LogP contribution in [0.25, 0.3) is 0 Å². The summed E-state index contributed by atoms with van der Waals surface area (Å²) in [6, 6.07) is 0.663. The third-order valence-corrected chi connectivity index (χ3v) is 5.02. The molecule has 0 aliphatic carbocycles. The highest BCUT2D eigenvalue weighted by Gasteiger charge is 2.19. The summed E-state index contributed by atoms with van der Waals surface area (Å²) in [6.07, 6.45) is 2.43. The van der Waals surface area contributed by atoms with Gasteiger partial charge in [0, 0.05) is 12.6 Å². The lowest BCUT2D eigenvalue weighted by Gasteiger charge is -2.31. The van der Waals surface area contributed by atoms with E-state index in [1.165, 1.54) is 24.2 Å². The molecule has 98 valence electrons. The van der Waals surface area contributed by atoms with Crippen LogP contribution in [0, 0.1) is 0 Å². The van der Waals surface area contributed by atoms with E-state index in [4.69, 9.17) is 23.2 Å². The Hall–Kier alpha value is 0.490. The van der Waals surface area contributed by atoms with E-state index in [9.17, 15) is 0 Å². The van der Waals surface area contributed by atoms with Crippen LogP contribution in [0.3, 0.4) is 0 Å². The maximum Gasteiger partial charge on any atom is 0.112 e. The molecule has 0 bridgehead atoms. The Kier molecular flexibility index (Phi) is 6.56. The van der Waals surface area contributed by atoms with E-state index in [1.807, 2.05) is 0 Å². The number of halogens is 3. The summed E-state index contributed by atoms with van der Waals surface area (Å²) >= 11 is 13.6. The van der Waals surface area contributed by atoms with Gasteiger partial charge < -0.3 is 5.32 Å². The number of nitrogens with zero attached hydrogens (tertiary/aromatic N) is 1. The summed E-state index contributed by atoms with van der Waals surface area (Å²) in [7, 11) is 2.16. The van der Waals surface area contributed by atoms with Crippen molar-refractivity contribution in [3.05, 3.63) is 20.3 Å². The molecule has 0 unspecified atom stereocenters. The molecule has 1 N–H and O–H groups in total. The van der Waals surface area contributed by atoms with Gasteiger partial charge in [0.2, 0.25) is 0 Å². The van der Waals surface area contributed by atoms with Crippen LogP contribution < -0.4 is 5.32 Å². The molecule has 0 saturated carbocycles. The molecule has 0 radical (unpaired) electrons. The van der Waals surface area contributed by atoms with Crippen molar-refractivity contribution in [1.29, 1.82) is 0 Å². The number of thiophene rings is 1. The Morgan fingerprint density at radius 3 is 2.59 bits per heavy atom. The minimum atomic E-state index is 0. The van der Waals surface area contributed by atoms with Crippen LogP contribution in [-0.4, -0.2) is 31.1 Å². The zero-order valence-corrected chi connectivity index (χ0v) is 12.9. The predicted molar refractivity (Wildman–Crippen MR) is 78.9 cm³/mol. The Morgan fingerprint density at radius 2 is 2.06 bits per heavy atom. The monoisotopic (exact) mass is 314 g/mol. The molecule has 1 aromatic rings. The SMILES string of the molecule is CN(Cc1csc(Cl)c1Cl)C1CCNCC1.Cl. The van der Waals surface area contributed by atoms with Crippen LogP contribution in [0.2, 0.25) is 9.36 Å². The van der Waals surface area contributed by atoms with Crippen LogP contribution in [0.1, 0.15) is 18.4 Å². The minimum Gasteiger partial charge on any atom is -0.317 e. The van der Waals surface area contributed by atoms with Crippen LogP contribution in [0.15, 0.2) is 5.38 Å². The van der Waals surface area contributed by atoms with Gasteiger partial charge in [-0.3, -0.25) is 4.90 Å². The number of rotatable bonds is 3. The molecular formula is C11H17Cl3N2S. The standard InChI is InChI=1S/C11H16Cl2N2S.ClH/c1-15(9-2-4-14-5-3-9)6-8-7-16-11(13)10(8)12;/h7,9,14H,2-6H2,1H3;1H. The van der Waals surface area contributed by atoms with E-state index in [0.717, 1.165) is 30.2 Å². The van der Waals surface area contributed by atoms with Crippen molar-refractivity contribution in [2.24, 2.45) is 0 Å². The Balaban J connectivity index is 0.00000144. The smallest absolute Gasteiger partial charge is 0.112 e.